The topological polar surface area (TPSA) is 89.9 Å². The Bertz CT molecular complexity index is 943. The molecule has 152 valence electrons. The molecule has 0 amide bonds. The van der Waals surface area contributed by atoms with Gasteiger partial charge in [-0.05, 0) is 43.7 Å². The molecule has 0 aromatic heterocycles. The van der Waals surface area contributed by atoms with Crippen LogP contribution in [-0.2, 0) is 29.4 Å². The van der Waals surface area contributed by atoms with Crippen LogP contribution in [0.1, 0.15) is 24.5 Å². The Kier molecular flexibility index (Phi) is 7.47. The highest BCUT2D eigenvalue weighted by Crippen LogP contribution is 2.32. The molecule has 0 bridgehead atoms. The van der Waals surface area contributed by atoms with Crippen LogP contribution in [0.25, 0.3) is 0 Å². The second kappa shape index (κ2) is 9.24. The van der Waals surface area contributed by atoms with Gasteiger partial charge in [-0.3, -0.25) is 4.18 Å². The number of carbonyl (C=O) groups excluding carboxylic acids is 1. The van der Waals surface area contributed by atoms with Gasteiger partial charge in [0.1, 0.15) is 0 Å². The van der Waals surface area contributed by atoms with Gasteiger partial charge in [-0.2, -0.15) is 8.42 Å². The Labute approximate surface area is 174 Å². The smallest absolute Gasteiger partial charge is 0.342 e. The van der Waals surface area contributed by atoms with Gasteiger partial charge in [0.2, 0.25) is 0 Å². The van der Waals surface area contributed by atoms with Crippen LogP contribution in [0.15, 0.2) is 47.4 Å². The minimum absolute atomic E-state index is 0.0210. The van der Waals surface area contributed by atoms with Crippen molar-refractivity contribution in [2.45, 2.75) is 30.8 Å². The fourth-order valence-electron chi connectivity index (χ4n) is 2.44. The Morgan fingerprint density at radius 3 is 2.32 bits per heavy atom. The summed E-state index contributed by atoms with van der Waals surface area (Å²) in [5.41, 5.74) is -1.13. The molecule has 0 aliphatic carbocycles. The van der Waals surface area contributed by atoms with Gasteiger partial charge in [-0.25, -0.2) is 4.79 Å². The third kappa shape index (κ3) is 5.24. The summed E-state index contributed by atoms with van der Waals surface area (Å²) in [5, 5.41) is 11.3. The molecule has 0 heterocycles. The molecule has 2 aromatic carbocycles. The molecular weight excluding hydrogens is 427 g/mol. The van der Waals surface area contributed by atoms with Gasteiger partial charge in [-0.1, -0.05) is 47.0 Å². The van der Waals surface area contributed by atoms with E-state index in [-0.39, 0.29) is 33.5 Å². The van der Waals surface area contributed by atoms with Gasteiger partial charge in [0.05, 0.1) is 28.2 Å². The average Bonchev–Trinajstić information content (AvgIpc) is 2.64. The van der Waals surface area contributed by atoms with Crippen LogP contribution < -0.4 is 0 Å². The van der Waals surface area contributed by atoms with Crippen LogP contribution in [0.4, 0.5) is 0 Å². The Balaban J connectivity index is 2.22. The van der Waals surface area contributed by atoms with Gasteiger partial charge in [0, 0.05) is 6.42 Å². The van der Waals surface area contributed by atoms with Crippen molar-refractivity contribution >= 4 is 39.3 Å². The molecule has 2 aromatic rings. The lowest BCUT2D eigenvalue weighted by Crippen LogP contribution is -2.38. The SMILES string of the molecule is CCOC(=O)[C@](O)(CCOS(=O)(=O)c1ccc(C)cc1)c1ccc(Cl)c(Cl)c1. The molecule has 0 aliphatic heterocycles. The van der Waals surface area contributed by atoms with E-state index in [2.05, 4.69) is 0 Å². The molecule has 1 N–H and O–H groups in total. The van der Waals surface area contributed by atoms with Crippen LogP contribution in [-0.4, -0.2) is 32.7 Å². The summed E-state index contributed by atoms with van der Waals surface area (Å²) in [4.78, 5) is 12.4. The lowest BCUT2D eigenvalue weighted by molar-refractivity contribution is -0.167. The average molecular weight is 447 g/mol. The number of aryl methyl sites for hydroxylation is 1. The third-order valence-corrected chi connectivity index (χ3v) is 6.09. The van der Waals surface area contributed by atoms with Crippen molar-refractivity contribution in [1.29, 1.82) is 0 Å². The lowest BCUT2D eigenvalue weighted by atomic mass is 9.91. The van der Waals surface area contributed by atoms with Crippen LogP contribution in [0.3, 0.4) is 0 Å². The molecule has 0 saturated carbocycles. The highest BCUT2D eigenvalue weighted by molar-refractivity contribution is 7.86. The zero-order valence-electron chi connectivity index (χ0n) is 15.3. The monoisotopic (exact) mass is 446 g/mol. The van der Waals surface area contributed by atoms with Crippen molar-refractivity contribution in [3.63, 3.8) is 0 Å². The van der Waals surface area contributed by atoms with Crippen molar-refractivity contribution < 1.29 is 27.2 Å². The van der Waals surface area contributed by atoms with Crippen molar-refractivity contribution in [3.8, 4) is 0 Å². The van der Waals surface area contributed by atoms with Crippen LogP contribution in [0.5, 0.6) is 0 Å². The molecule has 0 unspecified atom stereocenters. The molecule has 28 heavy (non-hydrogen) atoms. The Morgan fingerprint density at radius 2 is 1.75 bits per heavy atom. The number of hydrogen-bond acceptors (Lipinski definition) is 6. The van der Waals surface area contributed by atoms with Crippen LogP contribution in [0.2, 0.25) is 10.0 Å². The van der Waals surface area contributed by atoms with E-state index < -0.39 is 28.3 Å². The number of rotatable bonds is 8. The van der Waals surface area contributed by atoms with E-state index in [1.807, 2.05) is 6.92 Å². The predicted octanol–water partition coefficient (Wildman–Crippen LogP) is 3.85. The first kappa shape index (κ1) is 22.6. The summed E-state index contributed by atoms with van der Waals surface area (Å²) in [6.07, 6.45) is -0.366. The van der Waals surface area contributed by atoms with Crippen LogP contribution in [0, 0.1) is 6.92 Å². The molecule has 2 rings (SSSR count). The molecule has 9 heteroatoms. The van der Waals surface area contributed by atoms with E-state index >= 15 is 0 Å². The molecule has 0 aliphatic rings. The normalized spacial score (nSPS) is 13.8. The molecule has 0 fully saturated rings. The van der Waals surface area contributed by atoms with Crippen molar-refractivity contribution in [1.82, 2.24) is 0 Å². The maximum absolute atomic E-state index is 12.4. The summed E-state index contributed by atoms with van der Waals surface area (Å²) < 4.78 is 34.5. The number of ether oxygens (including phenoxy) is 1. The van der Waals surface area contributed by atoms with E-state index in [0.29, 0.717) is 0 Å². The first-order valence-electron chi connectivity index (χ1n) is 8.41. The van der Waals surface area contributed by atoms with E-state index in [1.54, 1.807) is 19.1 Å². The minimum Gasteiger partial charge on any atom is -0.464 e. The van der Waals surface area contributed by atoms with Crippen molar-refractivity contribution in [2.24, 2.45) is 0 Å². The second-order valence-corrected chi connectivity index (χ2v) is 8.48. The number of esters is 1. The molecule has 0 spiro atoms. The predicted molar refractivity (Wildman–Crippen MR) is 106 cm³/mol. The van der Waals surface area contributed by atoms with E-state index in [1.165, 1.54) is 30.3 Å². The van der Waals surface area contributed by atoms with Gasteiger partial charge < -0.3 is 9.84 Å². The molecule has 1 atom stereocenters. The van der Waals surface area contributed by atoms with E-state index in [4.69, 9.17) is 32.1 Å². The quantitative estimate of drug-likeness (QED) is 0.489. The van der Waals surface area contributed by atoms with Gasteiger partial charge in [0.25, 0.3) is 10.1 Å². The first-order valence-corrected chi connectivity index (χ1v) is 10.6. The summed E-state index contributed by atoms with van der Waals surface area (Å²) in [7, 11) is -4.04. The van der Waals surface area contributed by atoms with Crippen molar-refractivity contribution in [3.05, 3.63) is 63.6 Å². The summed E-state index contributed by atoms with van der Waals surface area (Å²) in [6.45, 7) is 3.00. The fraction of sp³-hybridized carbons (Fsp3) is 0.316. The summed E-state index contributed by atoms with van der Waals surface area (Å²) in [5.74, 6) is -0.940. The second-order valence-electron chi connectivity index (χ2n) is 6.05. The van der Waals surface area contributed by atoms with E-state index in [9.17, 15) is 18.3 Å². The number of benzene rings is 2. The largest absolute Gasteiger partial charge is 0.464 e. The minimum atomic E-state index is -4.04. The van der Waals surface area contributed by atoms with Gasteiger partial charge >= 0.3 is 5.97 Å². The Hall–Kier alpha value is -1.64. The molecular formula is C19H20Cl2O6S. The fourth-order valence-corrected chi connectivity index (χ4v) is 3.65. The number of halogens is 2. The van der Waals surface area contributed by atoms with Crippen LogP contribution >= 0.6 is 23.2 Å². The Morgan fingerprint density at radius 1 is 1.11 bits per heavy atom. The number of aliphatic hydroxyl groups is 1. The maximum atomic E-state index is 12.4. The summed E-state index contributed by atoms with van der Waals surface area (Å²) in [6, 6.07) is 10.3. The highest BCUT2D eigenvalue weighted by atomic mass is 35.5. The zero-order chi connectivity index (χ0) is 20.9. The maximum Gasteiger partial charge on any atom is 0.342 e. The molecule has 6 nitrogen and oxygen atoms in total. The highest BCUT2D eigenvalue weighted by Gasteiger charge is 2.40. The zero-order valence-corrected chi connectivity index (χ0v) is 17.6. The standard InChI is InChI=1S/C19H20Cl2O6S/c1-3-26-18(22)19(23,14-6-9-16(20)17(21)12-14)10-11-27-28(24,25)15-7-4-13(2)5-8-15/h4-9,12,23H,3,10-11H2,1-2H3/t19-/m0/s1. The lowest BCUT2D eigenvalue weighted by Gasteiger charge is -2.26. The van der Waals surface area contributed by atoms with Gasteiger partial charge in [-0.15, -0.1) is 0 Å². The number of carbonyl (C=O) groups is 1. The first-order chi connectivity index (χ1) is 13.1. The third-order valence-electron chi connectivity index (χ3n) is 4.02. The van der Waals surface area contributed by atoms with Gasteiger partial charge in [0.15, 0.2) is 5.60 Å². The molecule has 0 radical (unpaired) electrons. The molecule has 0 saturated heterocycles. The summed E-state index contributed by atoms with van der Waals surface area (Å²) >= 11 is 11.9. The number of hydrogen-bond donors (Lipinski definition) is 1. The van der Waals surface area contributed by atoms with E-state index in [0.717, 1.165) is 5.56 Å². The van der Waals surface area contributed by atoms with Crippen molar-refractivity contribution in [2.75, 3.05) is 13.2 Å².